The monoisotopic (exact) mass is 791 g/mol. The smallest absolute Gasteiger partial charge is 0.119 e. The Morgan fingerprint density at radius 2 is 0.780 bits per heavy atom. The van der Waals surface area contributed by atoms with Crippen LogP contribution in [0.5, 0.6) is 11.5 Å². The van der Waals surface area contributed by atoms with Crippen molar-refractivity contribution in [3.63, 3.8) is 0 Å². The Labute approximate surface area is 360 Å². The molecule has 0 atom stereocenters. The van der Waals surface area contributed by atoms with E-state index in [-0.39, 0.29) is 0 Å². The van der Waals surface area contributed by atoms with Crippen LogP contribution < -0.4 is 9.47 Å². The highest BCUT2D eigenvalue weighted by molar-refractivity contribution is 5.66. The Kier molecular flexibility index (Phi) is 20.6. The number of ether oxygens (including phenoxy) is 2. The van der Waals surface area contributed by atoms with Crippen LogP contribution in [0.4, 0.5) is 0 Å². The predicted octanol–water partition coefficient (Wildman–Crippen LogP) is 16.2. The van der Waals surface area contributed by atoms with E-state index < -0.39 is 0 Å². The molecule has 0 aromatic heterocycles. The molecule has 6 rings (SSSR count). The summed E-state index contributed by atoms with van der Waals surface area (Å²) in [6, 6.07) is 34.3. The Morgan fingerprint density at radius 3 is 1.14 bits per heavy atom. The summed E-state index contributed by atoms with van der Waals surface area (Å²) >= 11 is 0. The van der Waals surface area contributed by atoms with E-state index in [0.29, 0.717) is 11.8 Å². The molecule has 0 heterocycles. The first-order valence-electron chi connectivity index (χ1n) is 23.8. The molecule has 2 fully saturated rings. The summed E-state index contributed by atoms with van der Waals surface area (Å²) in [6.45, 7) is 10.7. The fourth-order valence-corrected chi connectivity index (χ4v) is 8.51. The lowest BCUT2D eigenvalue weighted by Crippen LogP contribution is -2.13. The molecule has 2 aliphatic carbocycles. The molecule has 59 heavy (non-hydrogen) atoms. The molecule has 2 aliphatic rings. The van der Waals surface area contributed by atoms with Crippen molar-refractivity contribution in [2.24, 2.45) is 23.7 Å². The lowest BCUT2D eigenvalue weighted by Gasteiger charge is -2.25. The molecule has 0 radical (unpaired) electrons. The van der Waals surface area contributed by atoms with E-state index in [4.69, 9.17) is 9.47 Å². The molecule has 0 bridgehead atoms. The molecule has 4 aromatic rings. The van der Waals surface area contributed by atoms with Crippen LogP contribution >= 0.6 is 0 Å². The van der Waals surface area contributed by atoms with Crippen LogP contribution in [0.1, 0.15) is 161 Å². The Bertz CT molecular complexity index is 1830. The molecule has 2 nitrogen and oxygen atoms in total. The fourth-order valence-electron chi connectivity index (χ4n) is 8.51. The molecule has 0 spiro atoms. The number of unbranched alkanes of at least 4 members (excludes halogenated alkanes) is 6. The third-order valence-corrected chi connectivity index (χ3v) is 12.5. The van der Waals surface area contributed by atoms with Crippen molar-refractivity contribution >= 4 is 0 Å². The second kappa shape index (κ2) is 26.6. The molecule has 314 valence electrons. The molecule has 4 aromatic carbocycles. The minimum atomic E-state index is 0.590. The van der Waals surface area contributed by atoms with Crippen molar-refractivity contribution in [1.29, 1.82) is 0 Å². The Hall–Kier alpha value is -4.40. The highest BCUT2D eigenvalue weighted by atomic mass is 16.5. The van der Waals surface area contributed by atoms with Crippen LogP contribution in [0.15, 0.2) is 97.1 Å². The summed E-state index contributed by atoms with van der Waals surface area (Å²) in [4.78, 5) is 0. The number of hydrogen-bond acceptors (Lipinski definition) is 2. The summed E-state index contributed by atoms with van der Waals surface area (Å²) in [7, 11) is 0. The van der Waals surface area contributed by atoms with Crippen LogP contribution in [0, 0.1) is 47.4 Å². The first-order valence-corrected chi connectivity index (χ1v) is 23.8. The van der Waals surface area contributed by atoms with Gasteiger partial charge in [-0.25, -0.2) is 0 Å². The predicted molar refractivity (Wildman–Crippen MR) is 253 cm³/mol. The van der Waals surface area contributed by atoms with Gasteiger partial charge in [0.05, 0.1) is 13.2 Å². The first kappa shape index (κ1) is 45.7. The van der Waals surface area contributed by atoms with Crippen molar-refractivity contribution in [2.45, 2.75) is 150 Å². The quantitative estimate of drug-likeness (QED) is 0.0783. The highest BCUT2D eigenvalue weighted by Crippen LogP contribution is 2.32. The molecule has 0 aliphatic heterocycles. The maximum absolute atomic E-state index is 5.85. The molecular formula is C57H74O2. The number of benzene rings is 4. The zero-order valence-corrected chi connectivity index (χ0v) is 37.2. The summed E-state index contributed by atoms with van der Waals surface area (Å²) in [5.41, 5.74) is 7.16. The Balaban J connectivity index is 0.000000224. The van der Waals surface area contributed by atoms with Gasteiger partial charge >= 0.3 is 0 Å². The molecule has 2 saturated carbocycles. The van der Waals surface area contributed by atoms with E-state index in [1.54, 1.807) is 0 Å². The molecule has 0 unspecified atom stereocenters. The minimum absolute atomic E-state index is 0.590. The molecular weight excluding hydrogens is 717 g/mol. The SMILES string of the molecule is CCCCCCOc1ccc(-c2ccc(C#CC3CCC(CC)CC3)cc2)cc1.CCCCCCOc1ccc(-c2ccc(C#CC3CCC(CCC)CC3)cc2)cc1. The van der Waals surface area contributed by atoms with Gasteiger partial charge in [-0.2, -0.15) is 0 Å². The molecule has 0 N–H and O–H groups in total. The van der Waals surface area contributed by atoms with Crippen LogP contribution in [0.2, 0.25) is 0 Å². The minimum Gasteiger partial charge on any atom is -0.494 e. The third-order valence-electron chi connectivity index (χ3n) is 12.5. The van der Waals surface area contributed by atoms with Gasteiger partial charge in [-0.05, 0) is 147 Å². The maximum atomic E-state index is 5.85. The third kappa shape index (κ3) is 16.6. The van der Waals surface area contributed by atoms with Gasteiger partial charge in [0.2, 0.25) is 0 Å². The fraction of sp³-hybridized carbons (Fsp3) is 0.509. The van der Waals surface area contributed by atoms with Gasteiger partial charge < -0.3 is 9.47 Å². The first-order chi connectivity index (χ1) is 29.1. The highest BCUT2D eigenvalue weighted by Gasteiger charge is 2.19. The lowest BCUT2D eigenvalue weighted by molar-refractivity contribution is 0.300. The van der Waals surface area contributed by atoms with E-state index in [1.165, 1.54) is 131 Å². The average Bonchev–Trinajstić information content (AvgIpc) is 3.29. The summed E-state index contributed by atoms with van der Waals surface area (Å²) in [5, 5.41) is 0. The van der Waals surface area contributed by atoms with E-state index >= 15 is 0 Å². The standard InChI is InChI=1S/C29H38O.C28H36O/c1-3-5-6-7-23-30-29-21-19-28(20-22-29)27-17-15-26(16-18-27)14-13-25-11-9-24(8-4-2)10-12-25;1-3-5-6-7-22-29-28-20-18-27(19-21-28)26-16-14-25(15-17-26)13-12-24-10-8-23(4-2)9-11-24/h15-22,24-25H,3-12,23H2,1-2H3;14-21,23-24H,3-11,22H2,1-2H3. The Morgan fingerprint density at radius 1 is 0.407 bits per heavy atom. The van der Waals surface area contributed by atoms with E-state index in [2.05, 4.69) is 148 Å². The van der Waals surface area contributed by atoms with Gasteiger partial charge in [0.1, 0.15) is 11.5 Å². The molecule has 2 heteroatoms. The van der Waals surface area contributed by atoms with Crippen LogP contribution in [-0.4, -0.2) is 13.2 Å². The van der Waals surface area contributed by atoms with E-state index in [9.17, 15) is 0 Å². The lowest BCUT2D eigenvalue weighted by atomic mass is 9.80. The molecule has 0 saturated heterocycles. The van der Waals surface area contributed by atoms with Gasteiger partial charge in [0.25, 0.3) is 0 Å². The maximum Gasteiger partial charge on any atom is 0.119 e. The number of rotatable bonds is 17. The van der Waals surface area contributed by atoms with Crippen molar-refractivity contribution in [1.82, 2.24) is 0 Å². The second-order valence-electron chi connectivity index (χ2n) is 17.2. The zero-order valence-electron chi connectivity index (χ0n) is 37.2. The zero-order chi connectivity index (χ0) is 41.3. The molecule has 0 amide bonds. The van der Waals surface area contributed by atoms with Crippen LogP contribution in [-0.2, 0) is 0 Å². The second-order valence-corrected chi connectivity index (χ2v) is 17.2. The van der Waals surface area contributed by atoms with Crippen LogP contribution in [0.25, 0.3) is 22.3 Å². The van der Waals surface area contributed by atoms with Crippen molar-refractivity contribution in [2.75, 3.05) is 13.2 Å². The average molecular weight is 791 g/mol. The summed E-state index contributed by atoms with van der Waals surface area (Å²) in [6.07, 6.45) is 24.5. The van der Waals surface area contributed by atoms with Gasteiger partial charge in [0.15, 0.2) is 0 Å². The van der Waals surface area contributed by atoms with Gasteiger partial charge in [-0.3, -0.25) is 0 Å². The van der Waals surface area contributed by atoms with Crippen molar-refractivity contribution < 1.29 is 9.47 Å². The van der Waals surface area contributed by atoms with Gasteiger partial charge in [0, 0.05) is 23.0 Å². The van der Waals surface area contributed by atoms with Crippen molar-refractivity contribution in [3.8, 4) is 57.4 Å². The summed E-state index contributed by atoms with van der Waals surface area (Å²) < 4.78 is 11.7. The van der Waals surface area contributed by atoms with Gasteiger partial charge in [-0.15, -0.1) is 0 Å². The van der Waals surface area contributed by atoms with Crippen LogP contribution in [0.3, 0.4) is 0 Å². The largest absolute Gasteiger partial charge is 0.494 e. The van der Waals surface area contributed by atoms with E-state index in [0.717, 1.165) is 60.5 Å². The van der Waals surface area contributed by atoms with Gasteiger partial charge in [-0.1, -0.05) is 158 Å². The normalized spacial score (nSPS) is 18.6. The summed E-state index contributed by atoms with van der Waals surface area (Å²) in [5.74, 6) is 18.9. The number of hydrogen-bond donors (Lipinski definition) is 0. The van der Waals surface area contributed by atoms with Crippen molar-refractivity contribution in [3.05, 3.63) is 108 Å². The van der Waals surface area contributed by atoms with E-state index in [1.807, 2.05) is 0 Å². The topological polar surface area (TPSA) is 18.5 Å².